The second kappa shape index (κ2) is 6.71. The average Bonchev–Trinajstić information content (AvgIpc) is 2.90. The summed E-state index contributed by atoms with van der Waals surface area (Å²) in [6, 6.07) is 5.61. The standard InChI is InChI=1S/C18H23NO4/c1-23-18(22)14-5-2-12(3-6-14)9-19-10-15-7-4-13(11-20)8-16(15)17(19)21/h4,7-8,12,14,20H,2-3,5-6,9-11H2,1H3/t12-,14-. The highest BCUT2D eigenvalue weighted by atomic mass is 16.5. The summed E-state index contributed by atoms with van der Waals surface area (Å²) in [4.78, 5) is 26.0. The smallest absolute Gasteiger partial charge is 0.308 e. The van der Waals surface area contributed by atoms with E-state index in [0.29, 0.717) is 12.5 Å². The minimum Gasteiger partial charge on any atom is -0.469 e. The number of carbonyl (C=O) groups is 2. The highest BCUT2D eigenvalue weighted by molar-refractivity contribution is 5.98. The largest absolute Gasteiger partial charge is 0.469 e. The molecule has 23 heavy (non-hydrogen) atoms. The van der Waals surface area contributed by atoms with Crippen molar-refractivity contribution in [2.75, 3.05) is 13.7 Å². The molecule has 0 saturated heterocycles. The molecule has 2 aliphatic rings. The van der Waals surface area contributed by atoms with Crippen LogP contribution in [0.4, 0.5) is 0 Å². The molecule has 1 heterocycles. The number of esters is 1. The molecule has 0 bridgehead atoms. The van der Waals surface area contributed by atoms with E-state index in [9.17, 15) is 14.7 Å². The normalized spacial score (nSPS) is 23.7. The van der Waals surface area contributed by atoms with E-state index in [2.05, 4.69) is 0 Å². The minimum atomic E-state index is -0.107. The van der Waals surface area contributed by atoms with Gasteiger partial charge in [0.1, 0.15) is 0 Å². The zero-order valence-electron chi connectivity index (χ0n) is 13.5. The monoisotopic (exact) mass is 317 g/mol. The molecular weight excluding hydrogens is 294 g/mol. The van der Waals surface area contributed by atoms with Gasteiger partial charge in [-0.05, 0) is 48.8 Å². The summed E-state index contributed by atoms with van der Waals surface area (Å²) >= 11 is 0. The molecule has 1 saturated carbocycles. The van der Waals surface area contributed by atoms with Crippen molar-refractivity contribution in [2.24, 2.45) is 11.8 Å². The maximum atomic E-state index is 12.5. The van der Waals surface area contributed by atoms with Crippen LogP contribution in [0.5, 0.6) is 0 Å². The van der Waals surface area contributed by atoms with E-state index in [1.54, 1.807) is 6.07 Å². The van der Waals surface area contributed by atoms with Crippen LogP contribution >= 0.6 is 0 Å². The number of hydrogen-bond acceptors (Lipinski definition) is 4. The van der Waals surface area contributed by atoms with Gasteiger partial charge in [0, 0.05) is 18.7 Å². The summed E-state index contributed by atoms with van der Waals surface area (Å²) in [7, 11) is 1.44. The van der Waals surface area contributed by atoms with Crippen LogP contribution in [0.2, 0.25) is 0 Å². The van der Waals surface area contributed by atoms with E-state index in [4.69, 9.17) is 4.74 Å². The number of amides is 1. The van der Waals surface area contributed by atoms with Gasteiger partial charge in [-0.3, -0.25) is 9.59 Å². The van der Waals surface area contributed by atoms with Gasteiger partial charge in [-0.15, -0.1) is 0 Å². The number of carbonyl (C=O) groups excluding carboxylic acids is 2. The molecule has 1 amide bonds. The van der Waals surface area contributed by atoms with Crippen LogP contribution in [0.15, 0.2) is 18.2 Å². The number of aliphatic hydroxyl groups is 1. The first kappa shape index (κ1) is 16.0. The Hall–Kier alpha value is -1.88. The quantitative estimate of drug-likeness (QED) is 0.864. The Bertz CT molecular complexity index is 605. The van der Waals surface area contributed by atoms with Crippen molar-refractivity contribution in [1.82, 2.24) is 4.90 Å². The molecule has 3 rings (SSSR count). The van der Waals surface area contributed by atoms with E-state index in [-0.39, 0.29) is 24.4 Å². The molecule has 124 valence electrons. The molecular formula is C18H23NO4. The summed E-state index contributed by atoms with van der Waals surface area (Å²) in [6.45, 7) is 1.35. The van der Waals surface area contributed by atoms with Crippen LogP contribution in [-0.2, 0) is 22.7 Å². The SMILES string of the molecule is COC(=O)[C@H]1CC[C@H](CN2Cc3ccc(CO)cc3C2=O)CC1. The van der Waals surface area contributed by atoms with Gasteiger partial charge in [-0.2, -0.15) is 0 Å². The predicted octanol–water partition coefficient (Wildman–Crippen LogP) is 2.11. The van der Waals surface area contributed by atoms with E-state index >= 15 is 0 Å². The molecule has 1 fully saturated rings. The molecule has 5 nitrogen and oxygen atoms in total. The fraction of sp³-hybridized carbons (Fsp3) is 0.556. The summed E-state index contributed by atoms with van der Waals surface area (Å²) < 4.78 is 4.82. The molecule has 1 aliphatic heterocycles. The number of aliphatic hydroxyl groups excluding tert-OH is 1. The first-order valence-electron chi connectivity index (χ1n) is 8.22. The van der Waals surface area contributed by atoms with Crippen molar-refractivity contribution in [2.45, 2.75) is 38.8 Å². The van der Waals surface area contributed by atoms with Crippen LogP contribution in [0.25, 0.3) is 0 Å². The average molecular weight is 317 g/mol. The van der Waals surface area contributed by atoms with Crippen LogP contribution in [0.1, 0.15) is 47.2 Å². The van der Waals surface area contributed by atoms with Gasteiger partial charge in [0.05, 0.1) is 19.6 Å². The molecule has 1 N–H and O–H groups in total. The number of benzene rings is 1. The molecule has 0 spiro atoms. The van der Waals surface area contributed by atoms with Crippen molar-refractivity contribution in [3.8, 4) is 0 Å². The number of methoxy groups -OCH3 is 1. The summed E-state index contributed by atoms with van der Waals surface area (Å²) in [5, 5.41) is 9.21. The maximum absolute atomic E-state index is 12.5. The zero-order chi connectivity index (χ0) is 16.4. The Balaban J connectivity index is 1.58. The molecule has 0 unspecified atom stereocenters. The fourth-order valence-electron chi connectivity index (χ4n) is 3.71. The van der Waals surface area contributed by atoms with Gasteiger partial charge >= 0.3 is 5.97 Å². The van der Waals surface area contributed by atoms with Gasteiger partial charge in [-0.1, -0.05) is 12.1 Å². The second-order valence-corrected chi connectivity index (χ2v) is 6.58. The van der Waals surface area contributed by atoms with Gasteiger partial charge in [-0.25, -0.2) is 0 Å². The number of fused-ring (bicyclic) bond motifs is 1. The summed E-state index contributed by atoms with van der Waals surface area (Å²) in [5.74, 6) is 0.427. The van der Waals surface area contributed by atoms with Crippen molar-refractivity contribution >= 4 is 11.9 Å². The third kappa shape index (κ3) is 3.24. The molecule has 1 aliphatic carbocycles. The number of ether oxygens (including phenoxy) is 1. The van der Waals surface area contributed by atoms with Gasteiger partial charge in [0.15, 0.2) is 0 Å². The summed E-state index contributed by atoms with van der Waals surface area (Å²) in [5.41, 5.74) is 2.53. The Kier molecular flexibility index (Phi) is 4.66. The summed E-state index contributed by atoms with van der Waals surface area (Å²) in [6.07, 6.45) is 3.62. The molecule has 0 aromatic heterocycles. The van der Waals surface area contributed by atoms with Crippen molar-refractivity contribution < 1.29 is 19.4 Å². The van der Waals surface area contributed by atoms with Crippen molar-refractivity contribution in [1.29, 1.82) is 0 Å². The Morgan fingerprint density at radius 1 is 1.30 bits per heavy atom. The lowest BCUT2D eigenvalue weighted by Gasteiger charge is -2.30. The van der Waals surface area contributed by atoms with Gasteiger partial charge in [0.2, 0.25) is 0 Å². The topological polar surface area (TPSA) is 66.8 Å². The lowest BCUT2D eigenvalue weighted by molar-refractivity contribution is -0.146. The number of hydrogen-bond donors (Lipinski definition) is 1. The van der Waals surface area contributed by atoms with E-state index < -0.39 is 0 Å². The lowest BCUT2D eigenvalue weighted by atomic mass is 9.82. The third-order valence-electron chi connectivity index (χ3n) is 5.10. The Morgan fingerprint density at radius 2 is 2.04 bits per heavy atom. The van der Waals surface area contributed by atoms with Crippen LogP contribution in [0.3, 0.4) is 0 Å². The first-order valence-corrected chi connectivity index (χ1v) is 8.22. The number of nitrogens with zero attached hydrogens (tertiary/aromatic N) is 1. The van der Waals surface area contributed by atoms with E-state index in [1.807, 2.05) is 17.0 Å². The van der Waals surface area contributed by atoms with Crippen molar-refractivity contribution in [3.63, 3.8) is 0 Å². The van der Waals surface area contributed by atoms with E-state index in [0.717, 1.165) is 48.9 Å². The Labute approximate surface area is 136 Å². The minimum absolute atomic E-state index is 0.0230. The maximum Gasteiger partial charge on any atom is 0.308 e. The zero-order valence-corrected chi connectivity index (χ0v) is 13.5. The fourth-order valence-corrected chi connectivity index (χ4v) is 3.71. The van der Waals surface area contributed by atoms with Gasteiger partial charge < -0.3 is 14.7 Å². The van der Waals surface area contributed by atoms with E-state index in [1.165, 1.54) is 7.11 Å². The molecule has 5 heteroatoms. The van der Waals surface area contributed by atoms with Gasteiger partial charge in [0.25, 0.3) is 5.91 Å². The Morgan fingerprint density at radius 3 is 2.70 bits per heavy atom. The van der Waals surface area contributed by atoms with Crippen molar-refractivity contribution in [3.05, 3.63) is 34.9 Å². The molecule has 0 radical (unpaired) electrons. The first-order chi connectivity index (χ1) is 11.1. The molecule has 1 aromatic rings. The predicted molar refractivity (Wildman–Crippen MR) is 84.6 cm³/mol. The second-order valence-electron chi connectivity index (χ2n) is 6.58. The highest BCUT2D eigenvalue weighted by Crippen LogP contribution is 2.32. The molecule has 0 atom stereocenters. The highest BCUT2D eigenvalue weighted by Gasteiger charge is 2.32. The van der Waals surface area contributed by atoms with Crippen LogP contribution < -0.4 is 0 Å². The lowest BCUT2D eigenvalue weighted by Crippen LogP contribution is -2.33. The van der Waals surface area contributed by atoms with Crippen LogP contribution in [-0.4, -0.2) is 35.5 Å². The third-order valence-corrected chi connectivity index (χ3v) is 5.10. The number of rotatable bonds is 4. The molecule has 1 aromatic carbocycles. The van der Waals surface area contributed by atoms with Crippen LogP contribution in [0, 0.1) is 11.8 Å².